The third-order valence-electron chi connectivity index (χ3n) is 4.28. The molecule has 4 N–H and O–H groups in total. The molecule has 1 aromatic heterocycles. The van der Waals surface area contributed by atoms with Crippen molar-refractivity contribution < 1.29 is 4.79 Å². The van der Waals surface area contributed by atoms with E-state index >= 15 is 0 Å². The van der Waals surface area contributed by atoms with Gasteiger partial charge in [0.1, 0.15) is 0 Å². The number of nitrogens with two attached hydrogens (primary N) is 1. The van der Waals surface area contributed by atoms with Crippen molar-refractivity contribution in [1.29, 1.82) is 0 Å². The van der Waals surface area contributed by atoms with Gasteiger partial charge in [0.25, 0.3) is 0 Å². The predicted molar refractivity (Wildman–Crippen MR) is 99.0 cm³/mol. The number of nitrogens with zero attached hydrogens (tertiary/aromatic N) is 4. The smallest absolute Gasteiger partial charge is 0.229 e. The van der Waals surface area contributed by atoms with Crippen molar-refractivity contribution >= 4 is 17.8 Å². The summed E-state index contributed by atoms with van der Waals surface area (Å²) in [7, 11) is 3.66. The Bertz CT molecular complexity index is 611. The summed E-state index contributed by atoms with van der Waals surface area (Å²) in [5.74, 6) is 1.48. The molecule has 0 atom stereocenters. The number of piperidine rings is 1. The number of nitrogen functional groups attached to an aromatic ring is 1. The largest absolute Gasteiger partial charge is 0.368 e. The lowest BCUT2D eigenvalue weighted by atomic mass is 9.74. The van der Waals surface area contributed by atoms with Crippen LogP contribution in [0.1, 0.15) is 52.8 Å². The first-order chi connectivity index (χ1) is 11.5. The second-order valence-electron chi connectivity index (χ2n) is 8.45. The van der Waals surface area contributed by atoms with Crippen LogP contribution < -0.4 is 21.3 Å². The van der Waals surface area contributed by atoms with Gasteiger partial charge in [-0.3, -0.25) is 4.79 Å². The normalized spacial score (nSPS) is 19.4. The monoisotopic (exact) mass is 349 g/mol. The zero-order valence-corrected chi connectivity index (χ0v) is 16.2. The average Bonchev–Trinajstić information content (AvgIpc) is 2.41. The maximum absolute atomic E-state index is 12.4. The summed E-state index contributed by atoms with van der Waals surface area (Å²) in [4.78, 5) is 26.5. The Balaban J connectivity index is 1.93. The molecule has 0 saturated carbocycles. The van der Waals surface area contributed by atoms with Crippen LogP contribution in [-0.2, 0) is 11.3 Å². The molecule has 0 radical (unpaired) electrons. The van der Waals surface area contributed by atoms with Crippen molar-refractivity contribution in [2.24, 2.45) is 5.92 Å². The predicted octanol–water partition coefficient (Wildman–Crippen LogP) is 1.08. The molecule has 8 heteroatoms. The molecular weight excluding hydrogens is 318 g/mol. The first-order valence-electron chi connectivity index (χ1n) is 8.69. The van der Waals surface area contributed by atoms with Gasteiger partial charge in [-0.05, 0) is 46.5 Å². The zero-order chi connectivity index (χ0) is 18.8. The quantitative estimate of drug-likeness (QED) is 0.730. The minimum atomic E-state index is 0.0175. The fourth-order valence-corrected chi connectivity index (χ4v) is 3.89. The summed E-state index contributed by atoms with van der Waals surface area (Å²) < 4.78 is 0. The highest BCUT2D eigenvalue weighted by molar-refractivity contribution is 5.76. The zero-order valence-electron chi connectivity index (χ0n) is 16.2. The molecule has 1 amide bonds. The summed E-state index contributed by atoms with van der Waals surface area (Å²) in [6.07, 6.45) is 2.47. The molecule has 1 aromatic rings. The number of aromatic nitrogens is 3. The van der Waals surface area contributed by atoms with Crippen molar-refractivity contribution in [3.63, 3.8) is 0 Å². The Labute approximate surface area is 150 Å². The highest BCUT2D eigenvalue weighted by atomic mass is 16.1. The standard InChI is InChI=1S/C17H31N7O/c1-16(2)8-11(9-17(3,4)23-16)7-13(25)19-10-12-20-14(18)22-15(21-12)24(5)6/h11,23H,7-10H2,1-6H3,(H,19,25)(H2,18,20,21,22). The molecule has 1 fully saturated rings. The van der Waals surface area contributed by atoms with Crippen LogP contribution in [0.25, 0.3) is 0 Å². The molecule has 2 heterocycles. The lowest BCUT2D eigenvalue weighted by molar-refractivity contribution is -0.122. The Morgan fingerprint density at radius 2 is 1.80 bits per heavy atom. The SMILES string of the molecule is CN(C)c1nc(N)nc(CNC(=O)CC2CC(C)(C)NC(C)(C)C2)n1. The molecule has 0 unspecified atom stereocenters. The Kier molecular flexibility index (Phi) is 5.51. The summed E-state index contributed by atoms with van der Waals surface area (Å²) in [5, 5.41) is 6.55. The Hall–Kier alpha value is -1.96. The first kappa shape index (κ1) is 19.4. The molecule has 2 rings (SSSR count). The van der Waals surface area contributed by atoms with Crippen LogP contribution in [0.2, 0.25) is 0 Å². The van der Waals surface area contributed by atoms with Gasteiger partial charge in [-0.25, -0.2) is 0 Å². The van der Waals surface area contributed by atoms with Gasteiger partial charge in [-0.15, -0.1) is 0 Å². The van der Waals surface area contributed by atoms with Gasteiger partial charge >= 0.3 is 0 Å². The van der Waals surface area contributed by atoms with E-state index in [0.717, 1.165) is 12.8 Å². The van der Waals surface area contributed by atoms with E-state index in [4.69, 9.17) is 5.73 Å². The number of anilines is 2. The molecule has 0 bridgehead atoms. The number of nitrogens with one attached hydrogen (secondary N) is 2. The maximum Gasteiger partial charge on any atom is 0.229 e. The molecule has 1 aliphatic heterocycles. The summed E-state index contributed by atoms with van der Waals surface area (Å²) in [6, 6.07) is 0. The Morgan fingerprint density at radius 3 is 2.36 bits per heavy atom. The minimum Gasteiger partial charge on any atom is -0.368 e. The number of rotatable bonds is 5. The lowest BCUT2D eigenvalue weighted by Gasteiger charge is -2.46. The molecule has 8 nitrogen and oxygen atoms in total. The van der Waals surface area contributed by atoms with Crippen molar-refractivity contribution in [3.8, 4) is 0 Å². The number of carbonyl (C=O) groups is 1. The van der Waals surface area contributed by atoms with E-state index in [1.54, 1.807) is 4.90 Å². The van der Waals surface area contributed by atoms with Crippen molar-refractivity contribution in [3.05, 3.63) is 5.82 Å². The molecule has 140 valence electrons. The number of hydrogen-bond acceptors (Lipinski definition) is 7. The summed E-state index contributed by atoms with van der Waals surface area (Å²) >= 11 is 0. The molecule has 0 aromatic carbocycles. The number of amides is 1. The third-order valence-corrected chi connectivity index (χ3v) is 4.28. The van der Waals surface area contributed by atoms with Crippen molar-refractivity contribution in [1.82, 2.24) is 25.6 Å². The van der Waals surface area contributed by atoms with E-state index in [2.05, 4.69) is 53.3 Å². The Morgan fingerprint density at radius 1 is 1.20 bits per heavy atom. The molecule has 0 spiro atoms. The van der Waals surface area contributed by atoms with Crippen LogP contribution in [0, 0.1) is 5.92 Å². The molecular formula is C17H31N7O. The lowest BCUT2D eigenvalue weighted by Crippen LogP contribution is -2.58. The molecule has 25 heavy (non-hydrogen) atoms. The second kappa shape index (κ2) is 7.11. The summed E-state index contributed by atoms with van der Waals surface area (Å²) in [6.45, 7) is 9.01. The fraction of sp³-hybridized carbons (Fsp3) is 0.765. The van der Waals surface area contributed by atoms with E-state index in [0.29, 0.717) is 24.1 Å². The second-order valence-corrected chi connectivity index (χ2v) is 8.45. The van der Waals surface area contributed by atoms with Gasteiger partial charge in [0.2, 0.25) is 17.8 Å². The van der Waals surface area contributed by atoms with Gasteiger partial charge < -0.3 is 21.3 Å². The number of hydrogen-bond donors (Lipinski definition) is 3. The van der Waals surface area contributed by atoms with Gasteiger partial charge in [0.15, 0.2) is 5.82 Å². The van der Waals surface area contributed by atoms with Crippen LogP contribution in [0.3, 0.4) is 0 Å². The van der Waals surface area contributed by atoms with E-state index in [9.17, 15) is 4.79 Å². The maximum atomic E-state index is 12.4. The van der Waals surface area contributed by atoms with Crippen molar-refractivity contribution in [2.75, 3.05) is 24.7 Å². The van der Waals surface area contributed by atoms with Crippen LogP contribution in [0.5, 0.6) is 0 Å². The van der Waals surface area contributed by atoms with Gasteiger partial charge in [0, 0.05) is 31.6 Å². The van der Waals surface area contributed by atoms with Crippen molar-refractivity contribution in [2.45, 2.75) is 64.6 Å². The van der Waals surface area contributed by atoms with E-state index < -0.39 is 0 Å². The van der Waals surface area contributed by atoms with E-state index in [-0.39, 0.29) is 29.5 Å². The fourth-order valence-electron chi connectivity index (χ4n) is 3.89. The van der Waals surface area contributed by atoms with Gasteiger partial charge in [0.05, 0.1) is 6.54 Å². The van der Waals surface area contributed by atoms with Gasteiger partial charge in [-0.2, -0.15) is 15.0 Å². The number of carbonyl (C=O) groups excluding carboxylic acids is 1. The molecule has 1 saturated heterocycles. The third kappa shape index (κ3) is 5.81. The highest BCUT2D eigenvalue weighted by Gasteiger charge is 2.38. The van der Waals surface area contributed by atoms with Crippen LogP contribution >= 0.6 is 0 Å². The van der Waals surface area contributed by atoms with Crippen LogP contribution in [0.4, 0.5) is 11.9 Å². The highest BCUT2D eigenvalue weighted by Crippen LogP contribution is 2.34. The van der Waals surface area contributed by atoms with Gasteiger partial charge in [-0.1, -0.05) is 0 Å². The van der Waals surface area contributed by atoms with Crippen LogP contribution in [-0.4, -0.2) is 46.0 Å². The van der Waals surface area contributed by atoms with Crippen LogP contribution in [0.15, 0.2) is 0 Å². The van der Waals surface area contributed by atoms with E-state index in [1.165, 1.54) is 0 Å². The molecule has 1 aliphatic rings. The average molecular weight is 349 g/mol. The molecule has 0 aliphatic carbocycles. The first-order valence-corrected chi connectivity index (χ1v) is 8.69. The summed E-state index contributed by atoms with van der Waals surface area (Å²) in [5.41, 5.74) is 5.78. The minimum absolute atomic E-state index is 0.0175. The van der Waals surface area contributed by atoms with E-state index in [1.807, 2.05) is 14.1 Å². The topological polar surface area (TPSA) is 109 Å².